The van der Waals surface area contributed by atoms with Crippen molar-refractivity contribution in [2.75, 3.05) is 24.3 Å². The van der Waals surface area contributed by atoms with Crippen LogP contribution >= 0.6 is 0 Å². The Labute approximate surface area is 96.1 Å². The van der Waals surface area contributed by atoms with Crippen molar-refractivity contribution < 1.29 is 0 Å². The van der Waals surface area contributed by atoms with Crippen LogP contribution < -0.4 is 10.2 Å². The fourth-order valence-corrected chi connectivity index (χ4v) is 1.34. The van der Waals surface area contributed by atoms with Crippen molar-refractivity contribution in [3.8, 4) is 6.07 Å². The number of rotatable bonds is 4. The molecule has 0 saturated heterocycles. The van der Waals surface area contributed by atoms with Gasteiger partial charge in [-0.05, 0) is 13.8 Å². The van der Waals surface area contributed by atoms with E-state index in [4.69, 9.17) is 5.26 Å². The highest BCUT2D eigenvalue weighted by atomic mass is 15.2. The van der Waals surface area contributed by atoms with Gasteiger partial charge in [0.25, 0.3) is 0 Å². The van der Waals surface area contributed by atoms with Crippen molar-refractivity contribution in [3.05, 3.63) is 11.8 Å². The van der Waals surface area contributed by atoms with Crippen LogP contribution in [0.2, 0.25) is 0 Å². The number of hydrogen-bond donors (Lipinski definition) is 1. The minimum absolute atomic E-state index is 0.143. The van der Waals surface area contributed by atoms with Crippen LogP contribution in [0.4, 0.5) is 11.8 Å². The van der Waals surface area contributed by atoms with E-state index >= 15 is 0 Å². The average Bonchev–Trinajstić information content (AvgIpc) is 2.27. The summed E-state index contributed by atoms with van der Waals surface area (Å²) in [5.74, 6) is 1.44. The summed E-state index contributed by atoms with van der Waals surface area (Å²) in [6.07, 6.45) is 0.481. The van der Waals surface area contributed by atoms with Crippen LogP contribution in [0.5, 0.6) is 0 Å². The van der Waals surface area contributed by atoms with E-state index in [1.165, 1.54) is 0 Å². The van der Waals surface area contributed by atoms with Gasteiger partial charge in [0.05, 0.1) is 12.5 Å². The Hall–Kier alpha value is -1.83. The molecule has 0 aromatic carbocycles. The number of nitrogens with zero attached hydrogens (tertiary/aromatic N) is 4. The molecular weight excluding hydrogens is 202 g/mol. The van der Waals surface area contributed by atoms with Gasteiger partial charge in [0.2, 0.25) is 5.95 Å². The van der Waals surface area contributed by atoms with E-state index < -0.39 is 0 Å². The van der Waals surface area contributed by atoms with Gasteiger partial charge in [-0.15, -0.1) is 0 Å². The lowest BCUT2D eigenvalue weighted by Gasteiger charge is -2.24. The second-order valence-corrected chi connectivity index (χ2v) is 3.76. The monoisotopic (exact) mass is 219 g/mol. The normalized spacial score (nSPS) is 11.7. The summed E-state index contributed by atoms with van der Waals surface area (Å²) in [6.45, 7) is 3.93. The Morgan fingerprint density at radius 2 is 2.25 bits per heavy atom. The van der Waals surface area contributed by atoms with E-state index in [1.54, 1.807) is 7.05 Å². The lowest BCUT2D eigenvalue weighted by molar-refractivity contribution is 0.692. The summed E-state index contributed by atoms with van der Waals surface area (Å²) in [5, 5.41) is 11.6. The second kappa shape index (κ2) is 5.31. The highest BCUT2D eigenvalue weighted by molar-refractivity contribution is 5.44. The SMILES string of the molecule is CNc1nc(C)cc(N(C)C(C)CC#N)n1. The summed E-state index contributed by atoms with van der Waals surface area (Å²) in [7, 11) is 3.72. The molecule has 0 spiro atoms. The predicted octanol–water partition coefficient (Wildman–Crippen LogP) is 1.57. The quantitative estimate of drug-likeness (QED) is 0.832. The minimum Gasteiger partial charge on any atom is -0.357 e. The summed E-state index contributed by atoms with van der Waals surface area (Å²) in [6, 6.07) is 4.21. The van der Waals surface area contributed by atoms with E-state index in [-0.39, 0.29) is 6.04 Å². The van der Waals surface area contributed by atoms with E-state index in [1.807, 2.05) is 31.9 Å². The Bertz CT molecular complexity index is 396. The van der Waals surface area contributed by atoms with Gasteiger partial charge in [0.1, 0.15) is 5.82 Å². The van der Waals surface area contributed by atoms with Crippen LogP contribution in [0.3, 0.4) is 0 Å². The van der Waals surface area contributed by atoms with Gasteiger partial charge in [-0.25, -0.2) is 4.98 Å². The van der Waals surface area contributed by atoms with Gasteiger partial charge in [0, 0.05) is 31.9 Å². The van der Waals surface area contributed by atoms with Crippen molar-refractivity contribution in [2.24, 2.45) is 0 Å². The summed E-state index contributed by atoms with van der Waals surface area (Å²) in [5.41, 5.74) is 0.908. The van der Waals surface area contributed by atoms with Crippen LogP contribution in [0, 0.1) is 18.3 Å². The molecule has 0 bridgehead atoms. The fourth-order valence-electron chi connectivity index (χ4n) is 1.34. The molecule has 1 unspecified atom stereocenters. The molecule has 0 radical (unpaired) electrons. The maximum atomic E-state index is 8.67. The predicted molar refractivity (Wildman–Crippen MR) is 64.4 cm³/mol. The topological polar surface area (TPSA) is 64.8 Å². The van der Waals surface area contributed by atoms with E-state index in [0.29, 0.717) is 12.4 Å². The number of nitriles is 1. The third-order valence-corrected chi connectivity index (χ3v) is 2.47. The first-order chi connectivity index (χ1) is 7.58. The molecule has 16 heavy (non-hydrogen) atoms. The highest BCUT2D eigenvalue weighted by Gasteiger charge is 2.12. The fraction of sp³-hybridized carbons (Fsp3) is 0.545. The molecule has 86 valence electrons. The molecule has 5 heteroatoms. The number of aryl methyl sites for hydroxylation is 1. The van der Waals surface area contributed by atoms with Crippen molar-refractivity contribution in [2.45, 2.75) is 26.3 Å². The Morgan fingerprint density at radius 3 is 2.81 bits per heavy atom. The van der Waals surface area contributed by atoms with Crippen LogP contribution in [-0.2, 0) is 0 Å². The Balaban J connectivity index is 2.95. The molecule has 1 aromatic rings. The standard InChI is InChI=1S/C11H17N5/c1-8-7-10(15-11(13-3)14-8)16(4)9(2)5-6-12/h7,9H,5H2,1-4H3,(H,13,14,15). The first kappa shape index (κ1) is 12.2. The number of aromatic nitrogens is 2. The van der Waals surface area contributed by atoms with Crippen molar-refractivity contribution in [3.63, 3.8) is 0 Å². The smallest absolute Gasteiger partial charge is 0.224 e. The van der Waals surface area contributed by atoms with Crippen LogP contribution in [0.25, 0.3) is 0 Å². The maximum absolute atomic E-state index is 8.67. The average molecular weight is 219 g/mol. The molecule has 0 saturated carbocycles. The van der Waals surface area contributed by atoms with Gasteiger partial charge < -0.3 is 10.2 Å². The zero-order chi connectivity index (χ0) is 12.1. The zero-order valence-electron chi connectivity index (χ0n) is 10.2. The molecular formula is C11H17N5. The van der Waals surface area contributed by atoms with E-state index in [2.05, 4.69) is 21.4 Å². The number of nitrogens with one attached hydrogen (secondary N) is 1. The molecule has 1 heterocycles. The minimum atomic E-state index is 0.143. The Morgan fingerprint density at radius 1 is 1.56 bits per heavy atom. The number of hydrogen-bond acceptors (Lipinski definition) is 5. The molecule has 5 nitrogen and oxygen atoms in total. The second-order valence-electron chi connectivity index (χ2n) is 3.76. The molecule has 0 fully saturated rings. The summed E-state index contributed by atoms with van der Waals surface area (Å²) < 4.78 is 0. The zero-order valence-corrected chi connectivity index (χ0v) is 10.2. The maximum Gasteiger partial charge on any atom is 0.224 e. The molecule has 1 rings (SSSR count). The van der Waals surface area contributed by atoms with Crippen LogP contribution in [-0.4, -0.2) is 30.1 Å². The molecule has 0 aliphatic rings. The lowest BCUT2D eigenvalue weighted by Crippen LogP contribution is -2.29. The van der Waals surface area contributed by atoms with Gasteiger partial charge in [-0.3, -0.25) is 0 Å². The van der Waals surface area contributed by atoms with Gasteiger partial charge >= 0.3 is 0 Å². The third-order valence-electron chi connectivity index (χ3n) is 2.47. The molecule has 0 amide bonds. The van der Waals surface area contributed by atoms with Gasteiger partial charge in [0.15, 0.2) is 0 Å². The molecule has 0 aliphatic carbocycles. The third kappa shape index (κ3) is 2.83. The summed E-state index contributed by atoms with van der Waals surface area (Å²) in [4.78, 5) is 10.6. The summed E-state index contributed by atoms with van der Waals surface area (Å²) >= 11 is 0. The van der Waals surface area contributed by atoms with Crippen LogP contribution in [0.1, 0.15) is 19.0 Å². The Kier molecular flexibility index (Phi) is 4.06. The first-order valence-electron chi connectivity index (χ1n) is 5.21. The van der Waals surface area contributed by atoms with Crippen molar-refractivity contribution in [1.29, 1.82) is 5.26 Å². The van der Waals surface area contributed by atoms with Gasteiger partial charge in [-0.2, -0.15) is 10.2 Å². The number of anilines is 2. The molecule has 1 atom stereocenters. The largest absolute Gasteiger partial charge is 0.357 e. The lowest BCUT2D eigenvalue weighted by atomic mass is 10.2. The van der Waals surface area contributed by atoms with E-state index in [9.17, 15) is 0 Å². The molecule has 1 N–H and O–H groups in total. The highest BCUT2D eigenvalue weighted by Crippen LogP contribution is 2.16. The molecule has 1 aromatic heterocycles. The first-order valence-corrected chi connectivity index (χ1v) is 5.21. The van der Waals surface area contributed by atoms with Crippen LogP contribution in [0.15, 0.2) is 6.07 Å². The van der Waals surface area contributed by atoms with Crippen molar-refractivity contribution >= 4 is 11.8 Å². The molecule has 0 aliphatic heterocycles. The van der Waals surface area contributed by atoms with Crippen molar-refractivity contribution in [1.82, 2.24) is 9.97 Å². The van der Waals surface area contributed by atoms with E-state index in [0.717, 1.165) is 11.5 Å². The van der Waals surface area contributed by atoms with Gasteiger partial charge in [-0.1, -0.05) is 0 Å².